The first-order valence-electron chi connectivity index (χ1n) is 16.6. The third-order valence-electron chi connectivity index (χ3n) is 9.39. The number of urea groups is 1. The minimum absolute atomic E-state index is 0.00324. The molecule has 0 bridgehead atoms. The van der Waals surface area contributed by atoms with Crippen molar-refractivity contribution in [1.29, 1.82) is 0 Å². The first-order valence-corrected chi connectivity index (χ1v) is 17.5. The number of rotatable bonds is 8. The van der Waals surface area contributed by atoms with Gasteiger partial charge in [-0.2, -0.15) is 0 Å². The van der Waals surface area contributed by atoms with Crippen LogP contribution in [0.4, 0.5) is 9.93 Å². The van der Waals surface area contributed by atoms with Crippen LogP contribution in [0.1, 0.15) is 48.9 Å². The maximum atomic E-state index is 14.7. The predicted octanol–water partition coefficient (Wildman–Crippen LogP) is 3.06. The molecular weight excluding hydrogens is 636 g/mol. The topological polar surface area (TPSA) is 151 Å². The highest BCUT2D eigenvalue weighted by atomic mass is 32.1. The first-order chi connectivity index (χ1) is 23.4. The molecule has 3 saturated heterocycles. The van der Waals surface area contributed by atoms with Crippen LogP contribution in [-0.4, -0.2) is 109 Å². The summed E-state index contributed by atoms with van der Waals surface area (Å²) in [5.74, 6) is -0.895. The monoisotopic (exact) mass is 676 g/mol. The molecule has 254 valence electrons. The van der Waals surface area contributed by atoms with E-state index in [1.807, 2.05) is 35.7 Å². The minimum atomic E-state index is -1.04. The molecule has 7 rings (SSSR count). The molecule has 5 amide bonds. The lowest BCUT2D eigenvalue weighted by molar-refractivity contribution is -0.171. The van der Waals surface area contributed by atoms with Gasteiger partial charge in [-0.15, -0.1) is 11.3 Å². The quantitative estimate of drug-likeness (QED) is 0.386. The van der Waals surface area contributed by atoms with Gasteiger partial charge in [0.1, 0.15) is 17.8 Å². The molecule has 2 aliphatic carbocycles. The van der Waals surface area contributed by atoms with E-state index in [9.17, 15) is 19.2 Å². The number of carbonyl (C=O) groups excluding carboxylic acids is 4. The van der Waals surface area contributed by atoms with Crippen molar-refractivity contribution >= 4 is 40.2 Å². The molecule has 0 radical (unpaired) electrons. The summed E-state index contributed by atoms with van der Waals surface area (Å²) in [4.78, 5) is 62.3. The minimum Gasteiger partial charge on any atom is -0.381 e. The van der Waals surface area contributed by atoms with Gasteiger partial charge in [0.2, 0.25) is 0 Å². The normalized spacial score (nSPS) is 22.6. The zero-order valence-corrected chi connectivity index (χ0v) is 27.5. The molecule has 5 aliphatic rings. The van der Waals surface area contributed by atoms with Gasteiger partial charge in [-0.1, -0.05) is 30.4 Å². The molecule has 4 heterocycles. The van der Waals surface area contributed by atoms with Crippen LogP contribution < -0.4 is 16.0 Å². The average Bonchev–Trinajstić information content (AvgIpc) is 3.70. The van der Waals surface area contributed by atoms with Crippen molar-refractivity contribution < 1.29 is 33.4 Å². The molecule has 4 fully saturated rings. The third kappa shape index (κ3) is 7.02. The Morgan fingerprint density at radius 2 is 1.75 bits per heavy atom. The van der Waals surface area contributed by atoms with Crippen molar-refractivity contribution in [3.8, 4) is 11.3 Å². The van der Waals surface area contributed by atoms with E-state index in [2.05, 4.69) is 20.9 Å². The number of ether oxygens (including phenoxy) is 3. The fourth-order valence-corrected chi connectivity index (χ4v) is 7.24. The van der Waals surface area contributed by atoms with Crippen molar-refractivity contribution in [2.75, 3.05) is 51.4 Å². The largest absolute Gasteiger partial charge is 0.381 e. The highest BCUT2D eigenvalue weighted by Gasteiger charge is 2.55. The lowest BCUT2D eigenvalue weighted by Crippen LogP contribution is -2.62. The van der Waals surface area contributed by atoms with Crippen LogP contribution in [0.3, 0.4) is 0 Å². The summed E-state index contributed by atoms with van der Waals surface area (Å²) >= 11 is 1.27. The van der Waals surface area contributed by atoms with Crippen LogP contribution >= 0.6 is 11.3 Å². The van der Waals surface area contributed by atoms with E-state index < -0.39 is 23.7 Å². The Balaban J connectivity index is 1.10. The van der Waals surface area contributed by atoms with E-state index in [0.717, 1.165) is 30.4 Å². The van der Waals surface area contributed by atoms with Crippen molar-refractivity contribution in [3.63, 3.8) is 0 Å². The fourth-order valence-electron chi connectivity index (χ4n) is 6.52. The highest BCUT2D eigenvalue weighted by molar-refractivity contribution is 7.14. The van der Waals surface area contributed by atoms with Gasteiger partial charge in [-0.3, -0.25) is 19.3 Å². The second-order valence-electron chi connectivity index (χ2n) is 12.6. The molecule has 1 saturated carbocycles. The Morgan fingerprint density at radius 1 is 1.00 bits per heavy atom. The van der Waals surface area contributed by atoms with E-state index in [1.165, 1.54) is 11.3 Å². The zero-order valence-electron chi connectivity index (χ0n) is 26.7. The summed E-state index contributed by atoms with van der Waals surface area (Å²) in [6.45, 7) is 2.50. The van der Waals surface area contributed by atoms with Gasteiger partial charge < -0.3 is 35.1 Å². The van der Waals surface area contributed by atoms with Gasteiger partial charge in [-0.05, 0) is 43.4 Å². The lowest BCUT2D eigenvalue weighted by atomic mass is 9.94. The number of nitrogens with zero attached hydrogens (tertiary/aromatic N) is 3. The van der Waals surface area contributed by atoms with Gasteiger partial charge in [0.15, 0.2) is 5.13 Å². The predicted molar refractivity (Wildman–Crippen MR) is 177 cm³/mol. The number of thiazole rings is 1. The van der Waals surface area contributed by atoms with Crippen molar-refractivity contribution in [3.05, 3.63) is 59.0 Å². The summed E-state index contributed by atoms with van der Waals surface area (Å²) in [7, 11) is 0. The Hall–Kier alpha value is -4.11. The lowest BCUT2D eigenvalue weighted by Gasteiger charge is -2.43. The molecule has 3 N–H and O–H groups in total. The number of anilines is 1. The standard InChI is InChI=1S/C34H40N6O7S/c41-29(35-25-10-11-25)24-8-6-22(7-9-24)26-21-48-32(36-26)38-30(42)27-20-47-34(12-16-45-17-13-34)40(27)31(43)28(23-4-2-1-3-5-23)37-33(44)39-14-18-46-19-15-39/h1-2,4,6-9,21,25,27-28H,3,5,10-20H2,(H,35,41)(H,37,44)(H,36,38,42)/t27-,28+/m0/s1. The zero-order chi connectivity index (χ0) is 33.1. The third-order valence-corrected chi connectivity index (χ3v) is 10.2. The molecule has 3 aliphatic heterocycles. The molecular formula is C34H40N6O7S. The average molecular weight is 677 g/mol. The second-order valence-corrected chi connectivity index (χ2v) is 13.5. The van der Waals surface area contributed by atoms with Crippen LogP contribution in [0, 0.1) is 0 Å². The molecule has 0 unspecified atom stereocenters. The number of aromatic nitrogens is 1. The number of hydrogen-bond donors (Lipinski definition) is 3. The number of hydrogen-bond acceptors (Lipinski definition) is 9. The van der Waals surface area contributed by atoms with Crippen molar-refractivity contribution in [1.82, 2.24) is 25.4 Å². The Kier molecular flexibility index (Phi) is 9.57. The van der Waals surface area contributed by atoms with Gasteiger partial charge >= 0.3 is 6.03 Å². The van der Waals surface area contributed by atoms with Gasteiger partial charge in [-0.25, -0.2) is 9.78 Å². The maximum Gasteiger partial charge on any atom is 0.318 e. The number of carbonyl (C=O) groups is 4. The van der Waals surface area contributed by atoms with Crippen LogP contribution in [-0.2, 0) is 23.8 Å². The van der Waals surface area contributed by atoms with E-state index in [-0.39, 0.29) is 30.5 Å². The van der Waals surface area contributed by atoms with E-state index in [0.29, 0.717) is 75.2 Å². The van der Waals surface area contributed by atoms with Gasteiger partial charge in [0.25, 0.3) is 17.7 Å². The van der Waals surface area contributed by atoms with Gasteiger partial charge in [0, 0.05) is 48.5 Å². The number of allylic oxidation sites excluding steroid dienone is 3. The van der Waals surface area contributed by atoms with Crippen LogP contribution in [0.2, 0.25) is 0 Å². The Labute approximate surface area is 282 Å². The molecule has 2 atom stereocenters. The fraction of sp³-hybridized carbons (Fsp3) is 0.500. The van der Waals surface area contributed by atoms with Gasteiger partial charge in [0.05, 0.1) is 38.7 Å². The summed E-state index contributed by atoms with van der Waals surface area (Å²) in [6.07, 6.45) is 9.98. The molecule has 13 nitrogen and oxygen atoms in total. The van der Waals surface area contributed by atoms with Crippen molar-refractivity contribution in [2.45, 2.75) is 62.4 Å². The van der Waals surface area contributed by atoms with Crippen LogP contribution in [0.25, 0.3) is 11.3 Å². The van der Waals surface area contributed by atoms with E-state index in [1.54, 1.807) is 21.9 Å². The number of morpholine rings is 1. The Morgan fingerprint density at radius 3 is 2.46 bits per heavy atom. The molecule has 1 aromatic carbocycles. The SMILES string of the molecule is O=C(NC1CC1)c1ccc(-c2csc(NC(=O)[C@@H]3COC4(CCOCC4)N3C(=O)[C@H](NC(=O)N3CCOCC3)C3=CC=CCC3)n2)cc1. The van der Waals surface area contributed by atoms with E-state index >= 15 is 0 Å². The number of benzene rings is 1. The number of amides is 5. The Bertz CT molecular complexity index is 1590. The van der Waals surface area contributed by atoms with E-state index in [4.69, 9.17) is 14.2 Å². The summed E-state index contributed by atoms with van der Waals surface area (Å²) < 4.78 is 17.4. The first kappa shape index (κ1) is 32.4. The molecule has 1 aromatic heterocycles. The summed E-state index contributed by atoms with van der Waals surface area (Å²) in [5, 5.41) is 11.1. The second kappa shape index (κ2) is 14.2. The van der Waals surface area contributed by atoms with Crippen molar-refractivity contribution in [2.24, 2.45) is 0 Å². The molecule has 48 heavy (non-hydrogen) atoms. The van der Waals surface area contributed by atoms with Crippen LogP contribution in [0.5, 0.6) is 0 Å². The molecule has 14 heteroatoms. The highest BCUT2D eigenvalue weighted by Crippen LogP contribution is 2.39. The summed E-state index contributed by atoms with van der Waals surface area (Å²) in [6, 6.07) is 5.22. The van der Waals surface area contributed by atoms with Crippen LogP contribution in [0.15, 0.2) is 53.4 Å². The smallest absolute Gasteiger partial charge is 0.318 e. The maximum absolute atomic E-state index is 14.7. The molecule has 1 spiro atoms. The summed E-state index contributed by atoms with van der Waals surface area (Å²) in [5.41, 5.74) is 1.79. The number of nitrogens with one attached hydrogen (secondary N) is 3. The molecule has 2 aromatic rings.